The maximum Gasteiger partial charge on any atom is 0.321 e. The number of aromatic nitrogens is 2. The Bertz CT molecular complexity index is 496. The molecule has 0 spiro atoms. The number of nitriles is 1. The topological polar surface area (TPSA) is 74.7 Å². The van der Waals surface area contributed by atoms with Gasteiger partial charge in [-0.1, -0.05) is 5.16 Å². The molecule has 2 heterocycles. The molecule has 15 heavy (non-hydrogen) atoms. The molecule has 2 aromatic heterocycles. The zero-order valence-electron chi connectivity index (χ0n) is 8.02. The predicted molar refractivity (Wildman–Crippen MR) is 55.4 cm³/mol. The van der Waals surface area contributed by atoms with Crippen LogP contribution in [0.3, 0.4) is 0 Å². The molecule has 6 heteroatoms. The minimum absolute atomic E-state index is 0.402. The summed E-state index contributed by atoms with van der Waals surface area (Å²) in [7, 11) is 0. The molecule has 0 aliphatic carbocycles. The SMILES string of the molecule is Cc1noc(NCc2ccc(C#N)s2)n1. The van der Waals surface area contributed by atoms with Crippen LogP contribution in [0.2, 0.25) is 0 Å². The molecule has 0 unspecified atom stereocenters. The van der Waals surface area contributed by atoms with Gasteiger partial charge in [-0.2, -0.15) is 10.2 Å². The van der Waals surface area contributed by atoms with Gasteiger partial charge in [-0.15, -0.1) is 11.3 Å². The maximum absolute atomic E-state index is 8.64. The highest BCUT2D eigenvalue weighted by atomic mass is 32.1. The zero-order valence-corrected chi connectivity index (χ0v) is 8.84. The normalized spacial score (nSPS) is 9.87. The van der Waals surface area contributed by atoms with Crippen LogP contribution in [0.25, 0.3) is 0 Å². The fourth-order valence-electron chi connectivity index (χ4n) is 1.06. The summed E-state index contributed by atoms with van der Waals surface area (Å²) in [5, 5.41) is 15.3. The molecule has 0 fully saturated rings. The van der Waals surface area contributed by atoms with Crippen molar-refractivity contribution in [2.24, 2.45) is 0 Å². The van der Waals surface area contributed by atoms with Crippen LogP contribution < -0.4 is 5.32 Å². The number of aryl methyl sites for hydroxylation is 1. The number of anilines is 1. The monoisotopic (exact) mass is 220 g/mol. The third-order valence-electron chi connectivity index (χ3n) is 1.71. The second-order valence-corrected chi connectivity index (χ2v) is 4.05. The average Bonchev–Trinajstić information content (AvgIpc) is 2.83. The minimum atomic E-state index is 0.402. The number of hydrogen-bond donors (Lipinski definition) is 1. The number of nitrogens with one attached hydrogen (secondary N) is 1. The Morgan fingerprint density at radius 3 is 3.07 bits per heavy atom. The summed E-state index contributed by atoms with van der Waals surface area (Å²) in [4.78, 5) is 5.76. The standard InChI is InChI=1S/C9H8N4OS/c1-6-12-9(14-13-6)11-5-8-3-2-7(4-10)15-8/h2-3H,5H2,1H3,(H,11,12,13). The summed E-state index contributed by atoms with van der Waals surface area (Å²) < 4.78 is 4.89. The van der Waals surface area contributed by atoms with Crippen molar-refractivity contribution in [3.05, 3.63) is 27.7 Å². The molecule has 1 N–H and O–H groups in total. The smallest absolute Gasteiger partial charge is 0.321 e. The maximum atomic E-state index is 8.64. The van der Waals surface area contributed by atoms with Gasteiger partial charge in [0.05, 0.1) is 6.54 Å². The van der Waals surface area contributed by atoms with Gasteiger partial charge in [0.2, 0.25) is 0 Å². The van der Waals surface area contributed by atoms with Gasteiger partial charge in [-0.05, 0) is 19.1 Å². The summed E-state index contributed by atoms with van der Waals surface area (Å²) in [6, 6.07) is 6.19. The largest absolute Gasteiger partial charge is 0.333 e. The third-order valence-corrected chi connectivity index (χ3v) is 2.70. The van der Waals surface area contributed by atoms with E-state index >= 15 is 0 Å². The predicted octanol–water partition coefficient (Wildman–Crippen LogP) is 1.92. The molecule has 0 aromatic carbocycles. The third kappa shape index (κ3) is 2.33. The van der Waals surface area contributed by atoms with Crippen molar-refractivity contribution >= 4 is 17.4 Å². The molecular weight excluding hydrogens is 212 g/mol. The van der Waals surface area contributed by atoms with Crippen LogP contribution in [0.5, 0.6) is 0 Å². The van der Waals surface area contributed by atoms with E-state index in [1.807, 2.05) is 6.07 Å². The van der Waals surface area contributed by atoms with E-state index in [0.29, 0.717) is 23.3 Å². The van der Waals surface area contributed by atoms with Crippen molar-refractivity contribution < 1.29 is 4.52 Å². The molecule has 0 amide bonds. The van der Waals surface area contributed by atoms with E-state index in [9.17, 15) is 0 Å². The van der Waals surface area contributed by atoms with E-state index in [-0.39, 0.29) is 0 Å². The van der Waals surface area contributed by atoms with Crippen molar-refractivity contribution in [2.75, 3.05) is 5.32 Å². The molecule has 76 valence electrons. The van der Waals surface area contributed by atoms with Crippen molar-refractivity contribution in [1.29, 1.82) is 5.26 Å². The van der Waals surface area contributed by atoms with Crippen LogP contribution in [0.15, 0.2) is 16.7 Å². The quantitative estimate of drug-likeness (QED) is 0.855. The Morgan fingerprint density at radius 2 is 2.47 bits per heavy atom. The number of rotatable bonds is 3. The Labute approximate surface area is 90.4 Å². The Balaban J connectivity index is 1.96. The molecule has 0 atom stereocenters. The van der Waals surface area contributed by atoms with E-state index in [2.05, 4.69) is 21.5 Å². The fraction of sp³-hybridized carbons (Fsp3) is 0.222. The van der Waals surface area contributed by atoms with Crippen LogP contribution >= 0.6 is 11.3 Å². The molecule has 0 saturated carbocycles. The molecule has 2 aromatic rings. The van der Waals surface area contributed by atoms with E-state index in [1.54, 1.807) is 13.0 Å². The lowest BCUT2D eigenvalue weighted by Crippen LogP contribution is -1.97. The second-order valence-electron chi connectivity index (χ2n) is 2.88. The summed E-state index contributed by atoms with van der Waals surface area (Å²) in [6.07, 6.45) is 0. The van der Waals surface area contributed by atoms with Gasteiger partial charge in [0.1, 0.15) is 10.9 Å². The van der Waals surface area contributed by atoms with Gasteiger partial charge >= 0.3 is 6.01 Å². The highest BCUT2D eigenvalue weighted by molar-refractivity contribution is 7.12. The molecule has 0 aliphatic heterocycles. The minimum Gasteiger partial charge on any atom is -0.333 e. The van der Waals surface area contributed by atoms with E-state index < -0.39 is 0 Å². The zero-order chi connectivity index (χ0) is 10.7. The van der Waals surface area contributed by atoms with Crippen molar-refractivity contribution in [1.82, 2.24) is 10.1 Å². The fourth-order valence-corrected chi connectivity index (χ4v) is 1.81. The first-order valence-corrected chi connectivity index (χ1v) is 5.12. The summed E-state index contributed by atoms with van der Waals surface area (Å²) in [6.45, 7) is 2.35. The summed E-state index contributed by atoms with van der Waals surface area (Å²) in [5.41, 5.74) is 0. The lowest BCUT2D eigenvalue weighted by Gasteiger charge is -1.95. The Morgan fingerprint density at radius 1 is 1.60 bits per heavy atom. The van der Waals surface area contributed by atoms with E-state index in [1.165, 1.54) is 11.3 Å². The van der Waals surface area contributed by atoms with Gasteiger partial charge in [-0.3, -0.25) is 0 Å². The first kappa shape index (κ1) is 9.68. The van der Waals surface area contributed by atoms with E-state index in [0.717, 1.165) is 4.88 Å². The van der Waals surface area contributed by atoms with Crippen LogP contribution in [0, 0.1) is 18.3 Å². The highest BCUT2D eigenvalue weighted by Crippen LogP contribution is 2.16. The van der Waals surface area contributed by atoms with Crippen molar-refractivity contribution in [3.8, 4) is 6.07 Å². The van der Waals surface area contributed by atoms with Crippen molar-refractivity contribution in [3.63, 3.8) is 0 Å². The lowest BCUT2D eigenvalue weighted by atomic mass is 10.4. The molecule has 0 bridgehead atoms. The average molecular weight is 220 g/mol. The number of nitrogens with zero attached hydrogens (tertiary/aromatic N) is 3. The lowest BCUT2D eigenvalue weighted by molar-refractivity contribution is 0.425. The molecule has 0 radical (unpaired) electrons. The van der Waals surface area contributed by atoms with Crippen LogP contribution in [0.4, 0.5) is 6.01 Å². The van der Waals surface area contributed by atoms with Crippen LogP contribution in [-0.2, 0) is 6.54 Å². The number of hydrogen-bond acceptors (Lipinski definition) is 6. The van der Waals surface area contributed by atoms with Gasteiger partial charge in [0, 0.05) is 4.88 Å². The van der Waals surface area contributed by atoms with Gasteiger partial charge in [0.25, 0.3) is 0 Å². The Hall–Kier alpha value is -1.87. The second kappa shape index (κ2) is 4.11. The molecule has 2 rings (SSSR count). The van der Waals surface area contributed by atoms with Crippen LogP contribution in [-0.4, -0.2) is 10.1 Å². The summed E-state index contributed by atoms with van der Waals surface area (Å²) in [5.74, 6) is 0.599. The first-order chi connectivity index (χ1) is 7.28. The highest BCUT2D eigenvalue weighted by Gasteiger charge is 2.03. The molecular formula is C9H8N4OS. The Kier molecular flexibility index (Phi) is 2.65. The van der Waals surface area contributed by atoms with Gasteiger partial charge in [-0.25, -0.2) is 0 Å². The van der Waals surface area contributed by atoms with Gasteiger partial charge in [0.15, 0.2) is 5.82 Å². The molecule has 0 saturated heterocycles. The molecule has 0 aliphatic rings. The van der Waals surface area contributed by atoms with E-state index in [4.69, 9.17) is 9.78 Å². The van der Waals surface area contributed by atoms with Crippen LogP contribution in [0.1, 0.15) is 15.6 Å². The first-order valence-electron chi connectivity index (χ1n) is 4.31. The summed E-state index contributed by atoms with van der Waals surface area (Å²) >= 11 is 1.45. The van der Waals surface area contributed by atoms with Crippen molar-refractivity contribution in [2.45, 2.75) is 13.5 Å². The van der Waals surface area contributed by atoms with Gasteiger partial charge < -0.3 is 9.84 Å². The molecule has 5 nitrogen and oxygen atoms in total. The number of thiophene rings is 1.